The second-order valence-electron chi connectivity index (χ2n) is 8.16. The molecule has 0 spiro atoms. The number of amides is 1. The normalized spacial score (nSPS) is 17.6. The second kappa shape index (κ2) is 10.0. The quantitative estimate of drug-likeness (QED) is 0.316. The third-order valence-corrected chi connectivity index (χ3v) is 6.33. The van der Waals surface area contributed by atoms with Crippen molar-refractivity contribution < 1.29 is 14.7 Å². The number of para-hydroxylation sites is 1. The third kappa shape index (κ3) is 4.24. The van der Waals surface area contributed by atoms with Gasteiger partial charge < -0.3 is 14.9 Å². The number of ketones is 1. The van der Waals surface area contributed by atoms with Crippen LogP contribution in [0.25, 0.3) is 11.4 Å². The van der Waals surface area contributed by atoms with Gasteiger partial charge >= 0.3 is 0 Å². The summed E-state index contributed by atoms with van der Waals surface area (Å²) in [5.74, 6) is -1.57. The molecule has 1 fully saturated rings. The zero-order valence-electron chi connectivity index (χ0n) is 19.7. The molecule has 0 bridgehead atoms. The number of pyridine rings is 1. The van der Waals surface area contributed by atoms with Gasteiger partial charge in [0.2, 0.25) is 0 Å². The van der Waals surface area contributed by atoms with Crippen LogP contribution in [0, 0.1) is 6.92 Å². The molecule has 1 aliphatic heterocycles. The maximum absolute atomic E-state index is 13.2. The molecule has 8 nitrogen and oxygen atoms in total. The van der Waals surface area contributed by atoms with Gasteiger partial charge in [0.15, 0.2) is 0 Å². The summed E-state index contributed by atoms with van der Waals surface area (Å²) < 4.78 is 1.70. The van der Waals surface area contributed by atoms with E-state index in [2.05, 4.69) is 28.8 Å². The van der Waals surface area contributed by atoms with Gasteiger partial charge in [-0.1, -0.05) is 38.1 Å². The van der Waals surface area contributed by atoms with Crippen molar-refractivity contribution >= 4 is 17.4 Å². The second-order valence-corrected chi connectivity index (χ2v) is 8.16. The highest BCUT2D eigenvalue weighted by Crippen LogP contribution is 2.39. The molecule has 176 valence electrons. The van der Waals surface area contributed by atoms with Crippen LogP contribution in [0.5, 0.6) is 0 Å². The number of carbonyl (C=O) groups is 2. The Morgan fingerprint density at radius 1 is 1.06 bits per heavy atom. The van der Waals surface area contributed by atoms with Crippen molar-refractivity contribution in [3.63, 3.8) is 0 Å². The lowest BCUT2D eigenvalue weighted by Gasteiger charge is -2.27. The monoisotopic (exact) mass is 459 g/mol. The molecule has 34 heavy (non-hydrogen) atoms. The van der Waals surface area contributed by atoms with Crippen LogP contribution in [0.2, 0.25) is 0 Å². The average Bonchev–Trinajstić information content (AvgIpc) is 3.38. The van der Waals surface area contributed by atoms with Crippen LogP contribution >= 0.6 is 0 Å². The number of carbonyl (C=O) groups excluding carboxylic acids is 2. The van der Waals surface area contributed by atoms with E-state index in [0.717, 1.165) is 18.8 Å². The average molecular weight is 460 g/mol. The van der Waals surface area contributed by atoms with E-state index in [9.17, 15) is 14.7 Å². The van der Waals surface area contributed by atoms with E-state index >= 15 is 0 Å². The molecule has 2 aromatic heterocycles. The molecule has 8 heteroatoms. The first kappa shape index (κ1) is 23.4. The number of hydrogen-bond acceptors (Lipinski definition) is 6. The molecule has 3 aromatic rings. The third-order valence-electron chi connectivity index (χ3n) is 6.33. The predicted octanol–water partition coefficient (Wildman–Crippen LogP) is 3.34. The Balaban J connectivity index is 1.79. The van der Waals surface area contributed by atoms with E-state index in [1.165, 1.54) is 11.1 Å². The van der Waals surface area contributed by atoms with E-state index in [4.69, 9.17) is 0 Å². The van der Waals surface area contributed by atoms with Gasteiger partial charge in [-0.3, -0.25) is 14.6 Å². The fourth-order valence-corrected chi connectivity index (χ4v) is 4.36. The summed E-state index contributed by atoms with van der Waals surface area (Å²) >= 11 is 0. The minimum atomic E-state index is -0.767. The lowest BCUT2D eigenvalue weighted by Crippen LogP contribution is -2.38. The van der Waals surface area contributed by atoms with Gasteiger partial charge in [-0.25, -0.2) is 4.68 Å². The molecular weight excluding hydrogens is 430 g/mol. The molecule has 1 saturated heterocycles. The van der Waals surface area contributed by atoms with E-state index in [0.29, 0.717) is 30.0 Å². The van der Waals surface area contributed by atoms with Crippen molar-refractivity contribution in [3.05, 3.63) is 83.4 Å². The molecule has 4 rings (SSSR count). The SMILES string of the molecule is CCN(CC)CCN1C(=O)C(=O)/C(=C(/O)c2cnn(-c3ccccc3)c2C)C1c1ccccn1. The van der Waals surface area contributed by atoms with Crippen molar-refractivity contribution in [3.8, 4) is 5.69 Å². The fraction of sp³-hybridized carbons (Fsp3) is 0.308. The number of aliphatic hydroxyl groups is 1. The first-order valence-corrected chi connectivity index (χ1v) is 11.5. The Bertz CT molecular complexity index is 1200. The fourth-order valence-electron chi connectivity index (χ4n) is 4.36. The summed E-state index contributed by atoms with van der Waals surface area (Å²) in [7, 11) is 0. The number of benzene rings is 1. The molecule has 1 aliphatic rings. The van der Waals surface area contributed by atoms with E-state index < -0.39 is 17.7 Å². The summed E-state index contributed by atoms with van der Waals surface area (Å²) in [6.07, 6.45) is 3.15. The van der Waals surface area contributed by atoms with Crippen LogP contribution in [0.3, 0.4) is 0 Å². The largest absolute Gasteiger partial charge is 0.507 e. The molecule has 1 aromatic carbocycles. The van der Waals surface area contributed by atoms with Crippen molar-refractivity contribution in [1.29, 1.82) is 0 Å². The Morgan fingerprint density at radius 2 is 1.76 bits per heavy atom. The first-order valence-electron chi connectivity index (χ1n) is 11.5. The topological polar surface area (TPSA) is 91.6 Å². The maximum Gasteiger partial charge on any atom is 0.295 e. The Kier molecular flexibility index (Phi) is 6.88. The number of likely N-dealkylation sites (tertiary alicyclic amines) is 1. The summed E-state index contributed by atoms with van der Waals surface area (Å²) in [5, 5.41) is 15.8. The highest BCUT2D eigenvalue weighted by Gasteiger charge is 2.46. The number of aliphatic hydroxyl groups excluding tert-OH is 1. The zero-order valence-corrected chi connectivity index (χ0v) is 19.7. The van der Waals surface area contributed by atoms with E-state index in [1.54, 1.807) is 23.0 Å². The maximum atomic E-state index is 13.2. The molecular formula is C26H29N5O3. The Hall–Kier alpha value is -3.78. The highest BCUT2D eigenvalue weighted by molar-refractivity contribution is 6.46. The molecule has 1 N–H and O–H groups in total. The van der Waals surface area contributed by atoms with E-state index in [-0.39, 0.29) is 11.3 Å². The predicted molar refractivity (Wildman–Crippen MR) is 129 cm³/mol. The number of nitrogens with zero attached hydrogens (tertiary/aromatic N) is 5. The van der Waals surface area contributed by atoms with Gasteiger partial charge in [-0.05, 0) is 44.3 Å². The molecule has 1 amide bonds. The van der Waals surface area contributed by atoms with Crippen LogP contribution in [0.4, 0.5) is 0 Å². The standard InChI is InChI=1S/C26H29N5O3/c1-4-29(5-2)15-16-30-23(21-13-9-10-14-27-21)22(25(33)26(30)34)24(32)20-17-28-31(18(20)3)19-11-7-6-8-12-19/h6-14,17,23,32H,4-5,15-16H2,1-3H3/b24-22+. The minimum absolute atomic E-state index is 0.0407. The van der Waals surface area contributed by atoms with Crippen LogP contribution < -0.4 is 0 Å². The van der Waals surface area contributed by atoms with Crippen molar-refractivity contribution in [2.24, 2.45) is 0 Å². The molecule has 1 atom stereocenters. The summed E-state index contributed by atoms with van der Waals surface area (Å²) in [4.78, 5) is 34.4. The Labute approximate surface area is 199 Å². The number of likely N-dealkylation sites (N-methyl/N-ethyl adjacent to an activating group) is 1. The Morgan fingerprint density at radius 3 is 2.41 bits per heavy atom. The number of aromatic nitrogens is 3. The van der Waals surface area contributed by atoms with Crippen LogP contribution in [0.15, 0.2) is 66.5 Å². The summed E-state index contributed by atoms with van der Waals surface area (Å²) in [6, 6.07) is 14.1. The first-order chi connectivity index (χ1) is 16.5. The van der Waals surface area contributed by atoms with Gasteiger partial charge in [-0.2, -0.15) is 5.10 Å². The smallest absolute Gasteiger partial charge is 0.295 e. The van der Waals surface area contributed by atoms with E-state index in [1.807, 2.05) is 43.3 Å². The lowest BCUT2D eigenvalue weighted by atomic mass is 9.98. The van der Waals surface area contributed by atoms with Gasteiger partial charge in [0.1, 0.15) is 11.8 Å². The number of rotatable bonds is 8. The van der Waals surface area contributed by atoms with Crippen LogP contribution in [-0.2, 0) is 9.59 Å². The highest BCUT2D eigenvalue weighted by atomic mass is 16.3. The van der Waals surface area contributed by atoms with Crippen LogP contribution in [-0.4, -0.2) is 67.5 Å². The summed E-state index contributed by atoms with van der Waals surface area (Å²) in [5.41, 5.74) is 2.49. The summed E-state index contributed by atoms with van der Waals surface area (Å²) in [6.45, 7) is 8.59. The van der Waals surface area contributed by atoms with Gasteiger partial charge in [0, 0.05) is 19.3 Å². The molecule has 0 radical (unpaired) electrons. The van der Waals surface area contributed by atoms with Crippen molar-refractivity contribution in [2.75, 3.05) is 26.2 Å². The molecule has 1 unspecified atom stereocenters. The molecule has 0 aliphatic carbocycles. The van der Waals surface area contributed by atoms with Crippen molar-refractivity contribution in [1.82, 2.24) is 24.6 Å². The molecule has 0 saturated carbocycles. The van der Waals surface area contributed by atoms with Crippen molar-refractivity contribution in [2.45, 2.75) is 26.8 Å². The number of Topliss-reactive ketones (excluding diaryl/α,β-unsaturated/α-hetero) is 1. The molecule has 3 heterocycles. The zero-order chi connectivity index (χ0) is 24.2. The van der Waals surface area contributed by atoms with Gasteiger partial charge in [0.25, 0.3) is 11.7 Å². The number of hydrogen-bond donors (Lipinski definition) is 1. The minimum Gasteiger partial charge on any atom is -0.507 e. The van der Waals surface area contributed by atoms with Gasteiger partial charge in [0.05, 0.1) is 34.4 Å². The van der Waals surface area contributed by atoms with Gasteiger partial charge in [-0.15, -0.1) is 0 Å². The van der Waals surface area contributed by atoms with Crippen LogP contribution in [0.1, 0.15) is 36.8 Å². The lowest BCUT2D eigenvalue weighted by molar-refractivity contribution is -0.140.